The quantitative estimate of drug-likeness (QED) is 0.283. The molecule has 0 spiro atoms. The van der Waals surface area contributed by atoms with Crippen molar-refractivity contribution in [2.24, 2.45) is 4.99 Å². The van der Waals surface area contributed by atoms with Gasteiger partial charge in [0.25, 0.3) is 5.91 Å². The van der Waals surface area contributed by atoms with E-state index in [0.717, 1.165) is 15.6 Å². The molecule has 9 heteroatoms. The van der Waals surface area contributed by atoms with Crippen LogP contribution in [0.25, 0.3) is 6.08 Å². The molecular weight excluding hydrogens is 571 g/mol. The van der Waals surface area contributed by atoms with Gasteiger partial charge in [-0.05, 0) is 67.1 Å². The number of carbonyl (C=O) groups excluding carboxylic acids is 1. The van der Waals surface area contributed by atoms with E-state index in [1.807, 2.05) is 38.1 Å². The Morgan fingerprint density at radius 2 is 1.83 bits per heavy atom. The molecule has 1 fully saturated rings. The molecule has 3 aromatic rings. The van der Waals surface area contributed by atoms with E-state index in [1.54, 1.807) is 24.3 Å². The van der Waals surface area contributed by atoms with Crippen molar-refractivity contribution in [3.63, 3.8) is 0 Å². The Hall–Kier alpha value is -2.45. The molecular formula is C26H21BrCl2N2O3S. The standard InChI is InChI=1S/C26H21BrCl2N2O3S/c1-3-33-21-11-17(18(27)13-22(21)34-14-16-9-7-15(2)8-10-16)12-23-25(32)31-26(35-23)30-20-6-4-5-19(28)24(20)29/h4-13H,3,14H2,1-2H3,(H,30,31,32)/b23-12+. The molecule has 1 aliphatic rings. The molecule has 0 unspecified atom stereocenters. The van der Waals surface area contributed by atoms with Gasteiger partial charge in [-0.3, -0.25) is 4.79 Å². The van der Waals surface area contributed by atoms with Crippen LogP contribution in [0.4, 0.5) is 5.69 Å². The largest absolute Gasteiger partial charge is 0.490 e. The molecule has 0 radical (unpaired) electrons. The number of aryl methyl sites for hydroxylation is 1. The van der Waals surface area contributed by atoms with Crippen LogP contribution in [-0.4, -0.2) is 17.7 Å². The zero-order chi connectivity index (χ0) is 24.9. The zero-order valence-corrected chi connectivity index (χ0v) is 22.8. The Morgan fingerprint density at radius 3 is 2.57 bits per heavy atom. The highest BCUT2D eigenvalue weighted by Crippen LogP contribution is 2.38. The van der Waals surface area contributed by atoms with Crippen LogP contribution in [0.15, 0.2) is 69.0 Å². The minimum absolute atomic E-state index is 0.253. The smallest absolute Gasteiger partial charge is 0.264 e. The lowest BCUT2D eigenvalue weighted by atomic mass is 10.1. The van der Waals surface area contributed by atoms with Crippen molar-refractivity contribution in [3.05, 3.63) is 90.7 Å². The fourth-order valence-electron chi connectivity index (χ4n) is 3.20. The third-order valence-electron chi connectivity index (χ3n) is 4.97. The van der Waals surface area contributed by atoms with Gasteiger partial charge in [-0.25, -0.2) is 4.99 Å². The molecule has 0 saturated carbocycles. The maximum atomic E-state index is 12.6. The lowest BCUT2D eigenvalue weighted by Crippen LogP contribution is -2.19. The number of amides is 1. The molecule has 5 nitrogen and oxygen atoms in total. The van der Waals surface area contributed by atoms with Crippen LogP contribution < -0.4 is 14.8 Å². The average Bonchev–Trinajstić information content (AvgIpc) is 3.17. The van der Waals surface area contributed by atoms with Crippen LogP contribution in [0.1, 0.15) is 23.6 Å². The van der Waals surface area contributed by atoms with Gasteiger partial charge in [-0.2, -0.15) is 0 Å². The predicted molar refractivity (Wildman–Crippen MR) is 148 cm³/mol. The van der Waals surface area contributed by atoms with Crippen LogP contribution in [0.5, 0.6) is 11.5 Å². The number of thioether (sulfide) groups is 1. The molecule has 0 atom stereocenters. The third-order valence-corrected chi connectivity index (χ3v) is 7.37. The monoisotopic (exact) mass is 590 g/mol. The zero-order valence-electron chi connectivity index (χ0n) is 18.9. The van der Waals surface area contributed by atoms with Crippen molar-refractivity contribution in [2.75, 3.05) is 6.61 Å². The summed E-state index contributed by atoms with van der Waals surface area (Å²) >= 11 is 17.1. The summed E-state index contributed by atoms with van der Waals surface area (Å²) in [5.41, 5.74) is 3.52. The van der Waals surface area contributed by atoms with Gasteiger partial charge in [0.2, 0.25) is 0 Å². The number of amidine groups is 1. The summed E-state index contributed by atoms with van der Waals surface area (Å²) in [6.07, 6.45) is 1.78. The maximum Gasteiger partial charge on any atom is 0.264 e. The fourth-order valence-corrected chi connectivity index (χ4v) is 4.80. The van der Waals surface area contributed by atoms with Gasteiger partial charge in [0, 0.05) is 4.47 Å². The summed E-state index contributed by atoms with van der Waals surface area (Å²) < 4.78 is 12.6. The number of hydrogen-bond acceptors (Lipinski definition) is 5. The average molecular weight is 592 g/mol. The SMILES string of the molecule is CCOc1cc(/C=C2/SC(=Nc3cccc(Cl)c3Cl)NC2=O)c(Br)cc1OCc1ccc(C)cc1. The van der Waals surface area contributed by atoms with E-state index in [9.17, 15) is 4.79 Å². The molecule has 1 amide bonds. The molecule has 0 aliphatic carbocycles. The lowest BCUT2D eigenvalue weighted by molar-refractivity contribution is -0.115. The van der Waals surface area contributed by atoms with Crippen molar-refractivity contribution >= 4 is 73.7 Å². The van der Waals surface area contributed by atoms with Gasteiger partial charge < -0.3 is 14.8 Å². The second kappa shape index (κ2) is 11.5. The number of rotatable bonds is 7. The first kappa shape index (κ1) is 25.6. The normalized spacial score (nSPS) is 15.5. The Balaban J connectivity index is 1.57. The number of carbonyl (C=O) groups is 1. The van der Waals surface area contributed by atoms with Crippen molar-refractivity contribution in [3.8, 4) is 11.5 Å². The Kier molecular flexibility index (Phi) is 8.44. The topological polar surface area (TPSA) is 59.9 Å². The number of benzene rings is 3. The second-order valence-electron chi connectivity index (χ2n) is 7.58. The van der Waals surface area contributed by atoms with E-state index >= 15 is 0 Å². The highest BCUT2D eigenvalue weighted by molar-refractivity contribution is 9.10. The van der Waals surface area contributed by atoms with Gasteiger partial charge >= 0.3 is 0 Å². The van der Waals surface area contributed by atoms with Gasteiger partial charge in [0.1, 0.15) is 6.61 Å². The van der Waals surface area contributed by atoms with Crippen molar-refractivity contribution in [1.82, 2.24) is 5.32 Å². The molecule has 0 bridgehead atoms. The van der Waals surface area contributed by atoms with Crippen LogP contribution in [0.3, 0.4) is 0 Å². The van der Waals surface area contributed by atoms with E-state index in [2.05, 4.69) is 38.4 Å². The van der Waals surface area contributed by atoms with Crippen LogP contribution in [0.2, 0.25) is 10.0 Å². The predicted octanol–water partition coefficient (Wildman–Crippen LogP) is 7.93. The second-order valence-corrected chi connectivity index (χ2v) is 10.3. The first-order valence-electron chi connectivity index (χ1n) is 10.7. The van der Waals surface area contributed by atoms with Gasteiger partial charge in [0.05, 0.1) is 27.2 Å². The van der Waals surface area contributed by atoms with Crippen LogP contribution in [0, 0.1) is 6.92 Å². The molecule has 1 N–H and O–H groups in total. The number of ether oxygens (including phenoxy) is 2. The molecule has 35 heavy (non-hydrogen) atoms. The molecule has 3 aromatic carbocycles. The summed E-state index contributed by atoms with van der Waals surface area (Å²) in [6, 6.07) is 17.0. The number of nitrogens with zero attached hydrogens (tertiary/aromatic N) is 1. The molecule has 0 aromatic heterocycles. The first-order chi connectivity index (χ1) is 16.8. The summed E-state index contributed by atoms with van der Waals surface area (Å²) in [5.74, 6) is 0.956. The van der Waals surface area contributed by atoms with Crippen molar-refractivity contribution in [1.29, 1.82) is 0 Å². The van der Waals surface area contributed by atoms with Crippen LogP contribution >= 0.6 is 50.9 Å². The van der Waals surface area contributed by atoms with E-state index in [-0.39, 0.29) is 5.91 Å². The summed E-state index contributed by atoms with van der Waals surface area (Å²) in [5, 5.41) is 3.92. The number of hydrogen-bond donors (Lipinski definition) is 1. The minimum Gasteiger partial charge on any atom is -0.490 e. The summed E-state index contributed by atoms with van der Waals surface area (Å²) in [6.45, 7) is 4.85. The molecule has 180 valence electrons. The Bertz CT molecular complexity index is 1330. The summed E-state index contributed by atoms with van der Waals surface area (Å²) in [7, 11) is 0. The van der Waals surface area contributed by atoms with Crippen molar-refractivity contribution in [2.45, 2.75) is 20.5 Å². The molecule has 1 saturated heterocycles. The summed E-state index contributed by atoms with van der Waals surface area (Å²) in [4.78, 5) is 17.5. The van der Waals surface area contributed by atoms with Gasteiger partial charge in [-0.1, -0.05) is 75.0 Å². The van der Waals surface area contributed by atoms with Gasteiger partial charge in [-0.15, -0.1) is 0 Å². The maximum absolute atomic E-state index is 12.6. The molecule has 4 rings (SSSR count). The molecule has 1 aliphatic heterocycles. The Labute approximate surface area is 226 Å². The fraction of sp³-hybridized carbons (Fsp3) is 0.154. The molecule has 1 heterocycles. The number of halogens is 3. The highest BCUT2D eigenvalue weighted by atomic mass is 79.9. The number of nitrogens with one attached hydrogen (secondary N) is 1. The number of aliphatic imine (C=N–C) groups is 1. The third kappa shape index (κ3) is 6.41. The Morgan fingerprint density at radius 1 is 1.09 bits per heavy atom. The van der Waals surface area contributed by atoms with Gasteiger partial charge in [0.15, 0.2) is 16.7 Å². The van der Waals surface area contributed by atoms with Crippen molar-refractivity contribution < 1.29 is 14.3 Å². The first-order valence-corrected chi connectivity index (χ1v) is 13.1. The lowest BCUT2D eigenvalue weighted by Gasteiger charge is -2.14. The van der Waals surface area contributed by atoms with E-state index in [1.165, 1.54) is 17.3 Å². The van der Waals surface area contributed by atoms with E-state index < -0.39 is 0 Å². The minimum atomic E-state index is -0.253. The van der Waals surface area contributed by atoms with Crippen LogP contribution in [-0.2, 0) is 11.4 Å². The van der Waals surface area contributed by atoms with E-state index in [0.29, 0.717) is 50.5 Å². The van der Waals surface area contributed by atoms with E-state index in [4.69, 9.17) is 32.7 Å². The highest BCUT2D eigenvalue weighted by Gasteiger charge is 2.25.